The van der Waals surface area contributed by atoms with Crippen LogP contribution < -0.4 is 26.6 Å². The van der Waals surface area contributed by atoms with Crippen molar-refractivity contribution in [2.75, 3.05) is 19.6 Å². The van der Waals surface area contributed by atoms with E-state index in [0.29, 0.717) is 25.1 Å². The lowest BCUT2D eigenvalue weighted by Gasteiger charge is -2.30. The standard InChI is InChI=1S/C39H60N6O12/c1-7-23(6)34(44-37(54)33(22(4)5)40-20-25(46)12-10-24-11-13-29(47)30(48)17-24)38(55)42-26(18-31(49)45-14-8-9-15-45)35(52)41-27(19-32(50)51)36(53)43-28(39(56)57)16-21(2)3/h11,13,17,21-23,26-28,33-34,40,47-48H,7-10,12,14-16,18-20H2,1-6H3,(H,41,52)(H,42,55)(H,43,53)(H,44,54)(H,50,51)(H,56,57)/t23-,26-,27-,28-,33-,34-/m0/s1. The van der Waals surface area contributed by atoms with E-state index < -0.39 is 90.4 Å². The molecular formula is C39H60N6O12. The van der Waals surface area contributed by atoms with Crippen molar-refractivity contribution in [3.05, 3.63) is 23.8 Å². The lowest BCUT2D eigenvalue weighted by molar-refractivity contribution is -0.144. The van der Waals surface area contributed by atoms with Crippen LogP contribution in [0.4, 0.5) is 0 Å². The van der Waals surface area contributed by atoms with Gasteiger partial charge in [-0.25, -0.2) is 4.79 Å². The minimum absolute atomic E-state index is 0.0250. The van der Waals surface area contributed by atoms with E-state index >= 15 is 0 Å². The van der Waals surface area contributed by atoms with E-state index in [1.807, 2.05) is 0 Å². The molecule has 0 unspecified atom stereocenters. The molecule has 0 saturated carbocycles. The fourth-order valence-electron chi connectivity index (χ4n) is 6.26. The second-order valence-corrected chi connectivity index (χ2v) is 15.4. The molecule has 0 bridgehead atoms. The van der Waals surface area contributed by atoms with E-state index in [1.165, 1.54) is 17.0 Å². The van der Waals surface area contributed by atoms with Gasteiger partial charge in [0, 0.05) is 19.5 Å². The zero-order valence-corrected chi connectivity index (χ0v) is 33.6. The van der Waals surface area contributed by atoms with Crippen LogP contribution in [-0.2, 0) is 44.8 Å². The fourth-order valence-corrected chi connectivity index (χ4v) is 6.26. The van der Waals surface area contributed by atoms with E-state index in [1.54, 1.807) is 47.6 Å². The van der Waals surface area contributed by atoms with Gasteiger partial charge < -0.3 is 46.6 Å². The third-order valence-electron chi connectivity index (χ3n) is 9.80. The molecule has 18 heteroatoms. The number of aryl methyl sites for hydroxylation is 1. The Morgan fingerprint density at radius 3 is 1.81 bits per heavy atom. The van der Waals surface area contributed by atoms with Crippen molar-refractivity contribution in [1.29, 1.82) is 0 Å². The molecule has 318 valence electrons. The molecule has 1 aromatic carbocycles. The highest BCUT2D eigenvalue weighted by molar-refractivity contribution is 5.98. The highest BCUT2D eigenvalue weighted by Gasteiger charge is 2.36. The van der Waals surface area contributed by atoms with Crippen LogP contribution in [0.5, 0.6) is 11.5 Å². The number of phenolic OH excluding ortho intramolecular Hbond substituents is 2. The second kappa shape index (κ2) is 23.1. The van der Waals surface area contributed by atoms with Crippen molar-refractivity contribution < 1.29 is 58.8 Å². The third-order valence-corrected chi connectivity index (χ3v) is 9.80. The number of amides is 5. The molecule has 1 fully saturated rings. The van der Waals surface area contributed by atoms with Gasteiger partial charge in [-0.05, 0) is 61.1 Å². The molecule has 0 radical (unpaired) electrons. The summed E-state index contributed by atoms with van der Waals surface area (Å²) >= 11 is 0. The molecule has 1 aliphatic heterocycles. The van der Waals surface area contributed by atoms with Gasteiger partial charge in [0.25, 0.3) is 0 Å². The van der Waals surface area contributed by atoms with Gasteiger partial charge >= 0.3 is 11.9 Å². The third kappa shape index (κ3) is 16.0. The Kier molecular flexibility index (Phi) is 19.4. The van der Waals surface area contributed by atoms with Gasteiger partial charge in [-0.1, -0.05) is 54.0 Å². The zero-order valence-electron chi connectivity index (χ0n) is 33.6. The number of carboxylic acid groups (broad SMARTS) is 2. The van der Waals surface area contributed by atoms with Gasteiger partial charge in [0.2, 0.25) is 29.5 Å². The molecule has 1 saturated heterocycles. The van der Waals surface area contributed by atoms with Crippen molar-refractivity contribution >= 4 is 47.3 Å². The van der Waals surface area contributed by atoms with Crippen molar-refractivity contribution in [2.24, 2.45) is 17.8 Å². The highest BCUT2D eigenvalue weighted by atomic mass is 16.4. The summed E-state index contributed by atoms with van der Waals surface area (Å²) in [7, 11) is 0. The molecule has 1 aromatic rings. The first-order chi connectivity index (χ1) is 26.7. The SMILES string of the molecule is CC[C@H](C)[C@H](NC(=O)[C@@H](NCC(=O)CCc1ccc(O)c(O)c1)C(C)C)C(=O)N[C@@H](CC(=O)N1CCCC1)C(=O)N[C@@H](CC(=O)O)C(=O)N[C@@H](CC(C)C)C(=O)O. The molecule has 5 amide bonds. The molecule has 9 N–H and O–H groups in total. The number of carbonyl (C=O) groups excluding carboxylic acids is 6. The Hall–Kier alpha value is -5.26. The van der Waals surface area contributed by atoms with Gasteiger partial charge in [0.1, 0.15) is 30.0 Å². The molecule has 1 heterocycles. The van der Waals surface area contributed by atoms with Crippen LogP contribution in [0, 0.1) is 17.8 Å². The molecule has 0 aromatic heterocycles. The Morgan fingerprint density at radius 2 is 1.28 bits per heavy atom. The molecule has 57 heavy (non-hydrogen) atoms. The van der Waals surface area contributed by atoms with Crippen molar-refractivity contribution in [2.45, 2.75) is 123 Å². The number of hydrogen-bond acceptors (Lipinski definition) is 11. The van der Waals surface area contributed by atoms with E-state index in [0.717, 1.165) is 12.8 Å². The topological polar surface area (TPSA) is 281 Å². The first-order valence-electron chi connectivity index (χ1n) is 19.4. The summed E-state index contributed by atoms with van der Waals surface area (Å²) in [5.41, 5.74) is 0.627. The number of aliphatic carboxylic acids is 2. The summed E-state index contributed by atoms with van der Waals surface area (Å²) in [6.45, 7) is 11.1. The predicted octanol–water partition coefficient (Wildman–Crippen LogP) is 0.817. The summed E-state index contributed by atoms with van der Waals surface area (Å²) < 4.78 is 0. The average Bonchev–Trinajstić information content (AvgIpc) is 3.68. The minimum atomic E-state index is -1.76. The minimum Gasteiger partial charge on any atom is -0.504 e. The van der Waals surface area contributed by atoms with Gasteiger partial charge in [-0.15, -0.1) is 0 Å². The number of likely N-dealkylation sites (tertiary alicyclic amines) is 1. The predicted molar refractivity (Wildman–Crippen MR) is 207 cm³/mol. The number of benzene rings is 1. The van der Waals surface area contributed by atoms with Gasteiger partial charge in [0.15, 0.2) is 11.5 Å². The first kappa shape index (κ1) is 47.9. The number of hydrogen-bond donors (Lipinski definition) is 9. The van der Waals surface area contributed by atoms with Crippen LogP contribution >= 0.6 is 0 Å². The van der Waals surface area contributed by atoms with Crippen LogP contribution in [0.1, 0.15) is 92.1 Å². The van der Waals surface area contributed by atoms with Crippen LogP contribution in [0.2, 0.25) is 0 Å². The number of Topliss-reactive ketones (excluding diaryl/α,β-unsaturated/α-hetero) is 1. The average molecular weight is 805 g/mol. The van der Waals surface area contributed by atoms with Crippen molar-refractivity contribution in [3.63, 3.8) is 0 Å². The maximum absolute atomic E-state index is 14.0. The van der Waals surface area contributed by atoms with Crippen LogP contribution in [-0.4, -0.2) is 122 Å². The monoisotopic (exact) mass is 804 g/mol. The number of nitrogens with zero attached hydrogens (tertiary/aromatic N) is 1. The number of aromatic hydroxyl groups is 2. The van der Waals surface area contributed by atoms with E-state index in [4.69, 9.17) is 0 Å². The van der Waals surface area contributed by atoms with E-state index in [2.05, 4.69) is 26.6 Å². The molecule has 18 nitrogen and oxygen atoms in total. The molecule has 1 aliphatic rings. The van der Waals surface area contributed by atoms with E-state index in [-0.39, 0.29) is 54.9 Å². The fraction of sp³-hybridized carbons (Fsp3) is 0.641. The largest absolute Gasteiger partial charge is 0.504 e. The lowest BCUT2D eigenvalue weighted by atomic mass is 9.95. The summed E-state index contributed by atoms with van der Waals surface area (Å²) in [5.74, 6) is -8.71. The summed E-state index contributed by atoms with van der Waals surface area (Å²) in [6.07, 6.45) is 0.774. The maximum Gasteiger partial charge on any atom is 0.326 e. The Morgan fingerprint density at radius 1 is 0.719 bits per heavy atom. The number of rotatable bonds is 24. The van der Waals surface area contributed by atoms with Gasteiger partial charge in [-0.3, -0.25) is 38.9 Å². The van der Waals surface area contributed by atoms with Crippen molar-refractivity contribution in [3.8, 4) is 11.5 Å². The molecule has 2 rings (SSSR count). The smallest absolute Gasteiger partial charge is 0.326 e. The number of ketones is 1. The van der Waals surface area contributed by atoms with Crippen LogP contribution in [0.15, 0.2) is 18.2 Å². The highest BCUT2D eigenvalue weighted by Crippen LogP contribution is 2.25. The molecule has 0 aliphatic carbocycles. The number of nitrogens with one attached hydrogen (secondary N) is 5. The summed E-state index contributed by atoms with van der Waals surface area (Å²) in [6, 6.07) is -2.66. The van der Waals surface area contributed by atoms with E-state index in [9.17, 15) is 58.8 Å². The molecule has 0 spiro atoms. The van der Waals surface area contributed by atoms with Crippen molar-refractivity contribution in [1.82, 2.24) is 31.5 Å². The second-order valence-electron chi connectivity index (χ2n) is 15.4. The Labute approximate surface area is 332 Å². The normalized spacial score (nSPS) is 15.8. The molecular weight excluding hydrogens is 744 g/mol. The Balaban J connectivity index is 2.27. The maximum atomic E-state index is 14.0. The lowest BCUT2D eigenvalue weighted by Crippen LogP contribution is -2.61. The Bertz CT molecular complexity index is 1590. The summed E-state index contributed by atoms with van der Waals surface area (Å²) in [5, 5.41) is 51.2. The first-order valence-corrected chi connectivity index (χ1v) is 19.4. The number of phenols is 2. The zero-order chi connectivity index (χ0) is 43.0. The number of carboxylic acids is 2. The number of carbonyl (C=O) groups is 8. The summed E-state index contributed by atoms with van der Waals surface area (Å²) in [4.78, 5) is 106. The van der Waals surface area contributed by atoms with Crippen LogP contribution in [0.3, 0.4) is 0 Å². The van der Waals surface area contributed by atoms with Gasteiger partial charge in [-0.2, -0.15) is 0 Å². The van der Waals surface area contributed by atoms with Crippen LogP contribution in [0.25, 0.3) is 0 Å². The quantitative estimate of drug-likeness (QED) is 0.0656. The molecule has 6 atom stereocenters. The van der Waals surface area contributed by atoms with Gasteiger partial charge in [0.05, 0.1) is 25.4 Å².